The van der Waals surface area contributed by atoms with Crippen LogP contribution in [0.4, 0.5) is 0 Å². The predicted molar refractivity (Wildman–Crippen MR) is 63.6 cm³/mol. The predicted octanol–water partition coefficient (Wildman–Crippen LogP) is 3.49. The smallest absolute Gasteiger partial charge is 0.330 e. The average molecular weight is 210 g/mol. The lowest BCUT2D eigenvalue weighted by Crippen LogP contribution is -1.96. The van der Waals surface area contributed by atoms with Crippen LogP contribution in [-0.4, -0.2) is 13.1 Å². The monoisotopic (exact) mass is 210 g/mol. The van der Waals surface area contributed by atoms with E-state index in [0.29, 0.717) is 5.92 Å². The van der Waals surface area contributed by atoms with Crippen LogP contribution in [0.3, 0.4) is 0 Å². The minimum Gasteiger partial charge on any atom is -0.466 e. The van der Waals surface area contributed by atoms with Crippen LogP contribution in [-0.2, 0) is 9.53 Å². The van der Waals surface area contributed by atoms with Gasteiger partial charge in [-0.25, -0.2) is 4.79 Å². The molecule has 0 amide bonds. The largest absolute Gasteiger partial charge is 0.466 e. The van der Waals surface area contributed by atoms with E-state index in [-0.39, 0.29) is 5.97 Å². The van der Waals surface area contributed by atoms with Crippen molar-refractivity contribution in [3.63, 3.8) is 0 Å². The van der Waals surface area contributed by atoms with Gasteiger partial charge in [0, 0.05) is 6.08 Å². The summed E-state index contributed by atoms with van der Waals surface area (Å²) < 4.78 is 4.51. The van der Waals surface area contributed by atoms with Crippen molar-refractivity contribution in [2.75, 3.05) is 7.11 Å². The second kappa shape index (κ2) is 8.27. The molecule has 1 unspecified atom stereocenters. The number of hydrogen-bond donors (Lipinski definition) is 0. The van der Waals surface area contributed by atoms with Crippen molar-refractivity contribution in [3.05, 3.63) is 23.8 Å². The van der Waals surface area contributed by atoms with Crippen LogP contribution in [0.1, 0.15) is 40.0 Å². The molecule has 15 heavy (non-hydrogen) atoms. The Bertz CT molecular complexity index is 235. The van der Waals surface area contributed by atoms with Crippen molar-refractivity contribution in [3.8, 4) is 0 Å². The van der Waals surface area contributed by atoms with E-state index in [4.69, 9.17) is 0 Å². The van der Waals surface area contributed by atoms with Gasteiger partial charge in [-0.3, -0.25) is 0 Å². The maximum atomic E-state index is 10.8. The molecule has 0 rings (SSSR count). The number of ether oxygens (including phenoxy) is 1. The number of hydrogen-bond acceptors (Lipinski definition) is 2. The summed E-state index contributed by atoms with van der Waals surface area (Å²) in [5, 5.41) is 0. The Morgan fingerprint density at radius 2 is 2.07 bits per heavy atom. The van der Waals surface area contributed by atoms with E-state index < -0.39 is 0 Å². The minimum absolute atomic E-state index is 0.272. The molecule has 2 heteroatoms. The van der Waals surface area contributed by atoms with Crippen molar-refractivity contribution in [2.45, 2.75) is 40.0 Å². The van der Waals surface area contributed by atoms with Crippen molar-refractivity contribution in [1.82, 2.24) is 0 Å². The number of allylic oxidation sites excluding steroid dienone is 3. The minimum atomic E-state index is -0.272. The fourth-order valence-electron chi connectivity index (χ4n) is 1.24. The summed E-state index contributed by atoms with van der Waals surface area (Å²) >= 11 is 0. The van der Waals surface area contributed by atoms with Gasteiger partial charge in [0.1, 0.15) is 0 Å². The normalized spacial score (nSPS) is 12.5. The van der Waals surface area contributed by atoms with E-state index in [2.05, 4.69) is 31.6 Å². The Balaban J connectivity index is 3.66. The summed E-state index contributed by atoms with van der Waals surface area (Å²) in [6, 6.07) is 0. The molecule has 0 aromatic rings. The zero-order chi connectivity index (χ0) is 11.7. The summed E-state index contributed by atoms with van der Waals surface area (Å²) in [6.07, 6.45) is 8.86. The molecule has 0 spiro atoms. The van der Waals surface area contributed by atoms with Crippen LogP contribution in [0.5, 0.6) is 0 Å². The van der Waals surface area contributed by atoms with E-state index in [1.807, 2.05) is 6.08 Å². The molecular formula is C13H22O2. The van der Waals surface area contributed by atoms with Crippen LogP contribution >= 0.6 is 0 Å². The van der Waals surface area contributed by atoms with Crippen molar-refractivity contribution in [2.24, 2.45) is 5.92 Å². The molecule has 0 aliphatic rings. The first-order chi connectivity index (χ1) is 7.06. The number of rotatable bonds is 6. The van der Waals surface area contributed by atoms with E-state index in [1.54, 1.807) is 0 Å². The van der Waals surface area contributed by atoms with Crippen molar-refractivity contribution < 1.29 is 9.53 Å². The highest BCUT2D eigenvalue weighted by atomic mass is 16.5. The topological polar surface area (TPSA) is 26.3 Å². The van der Waals surface area contributed by atoms with Crippen molar-refractivity contribution in [1.29, 1.82) is 0 Å². The molecule has 0 aromatic carbocycles. The Hall–Kier alpha value is -1.05. The number of methoxy groups -OCH3 is 1. The van der Waals surface area contributed by atoms with Gasteiger partial charge in [0.05, 0.1) is 7.11 Å². The third-order valence-electron chi connectivity index (χ3n) is 2.21. The highest BCUT2D eigenvalue weighted by Gasteiger charge is 1.98. The number of esters is 1. The SMILES string of the molecule is COC(=O)/C=C/CC(C)CCC=C(C)C. The lowest BCUT2D eigenvalue weighted by molar-refractivity contribution is -0.134. The van der Waals surface area contributed by atoms with Gasteiger partial charge in [-0.2, -0.15) is 0 Å². The van der Waals surface area contributed by atoms with Gasteiger partial charge in [-0.15, -0.1) is 0 Å². The van der Waals surface area contributed by atoms with E-state index in [1.165, 1.54) is 18.8 Å². The molecule has 0 saturated carbocycles. The van der Waals surface area contributed by atoms with E-state index in [0.717, 1.165) is 19.3 Å². The maximum absolute atomic E-state index is 10.8. The van der Waals surface area contributed by atoms with E-state index >= 15 is 0 Å². The Kier molecular flexibility index (Phi) is 7.69. The molecule has 0 N–H and O–H groups in total. The van der Waals surface area contributed by atoms with Crippen LogP contribution in [0.2, 0.25) is 0 Å². The van der Waals surface area contributed by atoms with Crippen LogP contribution in [0, 0.1) is 5.92 Å². The second-order valence-electron chi connectivity index (χ2n) is 4.13. The molecule has 0 fully saturated rings. The Labute approximate surface area is 93.0 Å². The maximum Gasteiger partial charge on any atom is 0.330 e. The standard InChI is InChI=1S/C13H22O2/c1-11(2)7-5-8-12(3)9-6-10-13(14)15-4/h6-7,10,12H,5,8-9H2,1-4H3/b10-6+. The summed E-state index contributed by atoms with van der Waals surface area (Å²) in [5.41, 5.74) is 1.37. The zero-order valence-corrected chi connectivity index (χ0v) is 10.2. The number of carbonyl (C=O) groups excluding carboxylic acids is 1. The summed E-state index contributed by atoms with van der Waals surface area (Å²) in [6.45, 7) is 6.42. The van der Waals surface area contributed by atoms with Gasteiger partial charge in [0.15, 0.2) is 0 Å². The fraction of sp³-hybridized carbons (Fsp3) is 0.615. The first-order valence-electron chi connectivity index (χ1n) is 5.44. The molecule has 0 aromatic heterocycles. The summed E-state index contributed by atoms with van der Waals surface area (Å²) in [7, 11) is 1.39. The molecule has 1 atom stereocenters. The van der Waals surface area contributed by atoms with Crippen LogP contribution < -0.4 is 0 Å². The Morgan fingerprint density at radius 3 is 2.60 bits per heavy atom. The second-order valence-corrected chi connectivity index (χ2v) is 4.13. The van der Waals surface area contributed by atoms with Crippen molar-refractivity contribution >= 4 is 5.97 Å². The zero-order valence-electron chi connectivity index (χ0n) is 10.2. The summed E-state index contributed by atoms with van der Waals surface area (Å²) in [4.78, 5) is 10.8. The third-order valence-corrected chi connectivity index (χ3v) is 2.21. The van der Waals surface area contributed by atoms with Gasteiger partial charge in [-0.1, -0.05) is 24.6 Å². The first-order valence-corrected chi connectivity index (χ1v) is 5.44. The van der Waals surface area contributed by atoms with Crippen LogP contribution in [0.25, 0.3) is 0 Å². The molecule has 0 heterocycles. The van der Waals surface area contributed by atoms with Gasteiger partial charge >= 0.3 is 5.97 Å². The number of carbonyl (C=O) groups is 1. The highest BCUT2D eigenvalue weighted by Crippen LogP contribution is 2.12. The van der Waals surface area contributed by atoms with E-state index in [9.17, 15) is 4.79 Å². The molecular weight excluding hydrogens is 188 g/mol. The molecule has 0 saturated heterocycles. The van der Waals surface area contributed by atoms with Crippen LogP contribution in [0.15, 0.2) is 23.8 Å². The summed E-state index contributed by atoms with van der Waals surface area (Å²) in [5.74, 6) is 0.341. The van der Waals surface area contributed by atoms with Gasteiger partial charge in [0.25, 0.3) is 0 Å². The fourth-order valence-corrected chi connectivity index (χ4v) is 1.24. The molecule has 0 radical (unpaired) electrons. The molecule has 0 bridgehead atoms. The average Bonchev–Trinajstić information content (AvgIpc) is 2.17. The lowest BCUT2D eigenvalue weighted by atomic mass is 10.0. The van der Waals surface area contributed by atoms with Gasteiger partial charge in [-0.05, 0) is 39.0 Å². The van der Waals surface area contributed by atoms with Gasteiger partial charge in [0.2, 0.25) is 0 Å². The first kappa shape index (κ1) is 13.9. The Morgan fingerprint density at radius 1 is 1.40 bits per heavy atom. The highest BCUT2D eigenvalue weighted by molar-refractivity contribution is 5.81. The third kappa shape index (κ3) is 9.26. The lowest BCUT2D eigenvalue weighted by Gasteiger charge is -2.05. The van der Waals surface area contributed by atoms with Gasteiger partial charge < -0.3 is 4.74 Å². The molecule has 2 nitrogen and oxygen atoms in total. The molecule has 0 aliphatic heterocycles. The quantitative estimate of drug-likeness (QED) is 0.381. The molecule has 86 valence electrons. The molecule has 0 aliphatic carbocycles.